The van der Waals surface area contributed by atoms with Crippen LogP contribution >= 0.6 is 23.2 Å². The van der Waals surface area contributed by atoms with Gasteiger partial charge in [-0.15, -0.1) is 0 Å². The molecule has 1 aromatic carbocycles. The van der Waals surface area contributed by atoms with E-state index in [4.69, 9.17) is 23.2 Å². The fourth-order valence-electron chi connectivity index (χ4n) is 2.56. The minimum Gasteiger partial charge on any atom is -0.322 e. The molecule has 24 heavy (non-hydrogen) atoms. The second-order valence-corrected chi connectivity index (χ2v) is 6.35. The SMILES string of the molecule is O=C(Nc1cnccn1)N1CCN(Cc2ccc(Cl)c(Cl)c2)CC1. The lowest BCUT2D eigenvalue weighted by Crippen LogP contribution is -2.49. The van der Waals surface area contributed by atoms with Gasteiger partial charge in [-0.25, -0.2) is 9.78 Å². The van der Waals surface area contributed by atoms with E-state index in [0.29, 0.717) is 29.0 Å². The lowest BCUT2D eigenvalue weighted by molar-refractivity contribution is 0.143. The van der Waals surface area contributed by atoms with E-state index in [0.717, 1.165) is 25.2 Å². The van der Waals surface area contributed by atoms with Crippen molar-refractivity contribution in [2.75, 3.05) is 31.5 Å². The Morgan fingerprint density at radius 1 is 1.12 bits per heavy atom. The van der Waals surface area contributed by atoms with Crippen LogP contribution in [0.5, 0.6) is 0 Å². The van der Waals surface area contributed by atoms with Gasteiger partial charge in [0.2, 0.25) is 0 Å². The molecule has 6 nitrogen and oxygen atoms in total. The molecular weight excluding hydrogens is 349 g/mol. The van der Waals surface area contributed by atoms with E-state index < -0.39 is 0 Å². The van der Waals surface area contributed by atoms with Crippen molar-refractivity contribution < 1.29 is 4.79 Å². The van der Waals surface area contributed by atoms with Crippen molar-refractivity contribution in [1.82, 2.24) is 19.8 Å². The van der Waals surface area contributed by atoms with Crippen molar-refractivity contribution >= 4 is 35.1 Å². The van der Waals surface area contributed by atoms with Crippen LogP contribution in [0.1, 0.15) is 5.56 Å². The molecule has 1 aliphatic heterocycles. The second-order valence-electron chi connectivity index (χ2n) is 5.53. The van der Waals surface area contributed by atoms with E-state index in [9.17, 15) is 4.79 Å². The van der Waals surface area contributed by atoms with Gasteiger partial charge in [-0.2, -0.15) is 0 Å². The van der Waals surface area contributed by atoms with Gasteiger partial charge in [-0.05, 0) is 17.7 Å². The first-order valence-corrected chi connectivity index (χ1v) is 8.35. The Morgan fingerprint density at radius 3 is 2.58 bits per heavy atom. The van der Waals surface area contributed by atoms with E-state index in [1.807, 2.05) is 18.2 Å². The summed E-state index contributed by atoms with van der Waals surface area (Å²) in [5.74, 6) is 0.459. The predicted molar refractivity (Wildman–Crippen MR) is 94.4 cm³/mol. The van der Waals surface area contributed by atoms with Crippen LogP contribution < -0.4 is 5.32 Å². The summed E-state index contributed by atoms with van der Waals surface area (Å²) in [7, 11) is 0. The van der Waals surface area contributed by atoms with Crippen molar-refractivity contribution in [2.45, 2.75) is 6.54 Å². The quantitative estimate of drug-likeness (QED) is 0.907. The lowest BCUT2D eigenvalue weighted by atomic mass is 10.2. The first-order valence-electron chi connectivity index (χ1n) is 7.60. The molecule has 126 valence electrons. The summed E-state index contributed by atoms with van der Waals surface area (Å²) in [5.41, 5.74) is 1.11. The number of carbonyl (C=O) groups is 1. The summed E-state index contributed by atoms with van der Waals surface area (Å²) in [5, 5.41) is 3.88. The molecule has 3 rings (SSSR count). The highest BCUT2D eigenvalue weighted by atomic mass is 35.5. The van der Waals surface area contributed by atoms with Gasteiger partial charge in [-0.3, -0.25) is 15.2 Å². The number of urea groups is 1. The van der Waals surface area contributed by atoms with E-state index in [1.54, 1.807) is 17.3 Å². The maximum atomic E-state index is 12.2. The molecule has 0 spiro atoms. The van der Waals surface area contributed by atoms with Crippen molar-refractivity contribution in [3.05, 3.63) is 52.4 Å². The average molecular weight is 366 g/mol. The molecule has 0 unspecified atom stereocenters. The number of hydrogen-bond acceptors (Lipinski definition) is 4. The molecule has 1 N–H and O–H groups in total. The standard InChI is InChI=1S/C16H17Cl2N5O/c17-13-2-1-12(9-14(13)18)11-22-5-7-23(8-6-22)16(24)21-15-10-19-3-4-20-15/h1-4,9-10H,5-8,11H2,(H,20,21,24). The summed E-state index contributed by atoms with van der Waals surface area (Å²) >= 11 is 12.0. The number of rotatable bonds is 3. The zero-order chi connectivity index (χ0) is 16.9. The molecule has 0 bridgehead atoms. The monoisotopic (exact) mass is 365 g/mol. The van der Waals surface area contributed by atoms with Crippen LogP contribution in [-0.2, 0) is 6.54 Å². The molecule has 1 aromatic heterocycles. The number of benzene rings is 1. The number of carbonyl (C=O) groups excluding carboxylic acids is 1. The topological polar surface area (TPSA) is 61.4 Å². The van der Waals surface area contributed by atoms with Crippen molar-refractivity contribution in [2.24, 2.45) is 0 Å². The summed E-state index contributed by atoms with van der Waals surface area (Å²) in [6.45, 7) is 3.71. The van der Waals surface area contributed by atoms with E-state index >= 15 is 0 Å². The molecule has 2 amide bonds. The largest absolute Gasteiger partial charge is 0.323 e. The van der Waals surface area contributed by atoms with Gasteiger partial charge < -0.3 is 4.90 Å². The maximum absolute atomic E-state index is 12.2. The van der Waals surface area contributed by atoms with Gasteiger partial charge in [0, 0.05) is 45.1 Å². The summed E-state index contributed by atoms with van der Waals surface area (Å²) in [6.07, 6.45) is 4.64. The molecule has 1 aliphatic rings. The van der Waals surface area contributed by atoms with Gasteiger partial charge in [0.25, 0.3) is 0 Å². The number of anilines is 1. The third kappa shape index (κ3) is 4.35. The van der Waals surface area contributed by atoms with Crippen LogP contribution in [0.3, 0.4) is 0 Å². The fraction of sp³-hybridized carbons (Fsp3) is 0.312. The van der Waals surface area contributed by atoms with Crippen LogP contribution in [0.25, 0.3) is 0 Å². The number of hydrogen-bond donors (Lipinski definition) is 1. The molecule has 0 atom stereocenters. The van der Waals surface area contributed by atoms with Gasteiger partial charge in [-0.1, -0.05) is 29.3 Å². The highest BCUT2D eigenvalue weighted by Gasteiger charge is 2.21. The zero-order valence-electron chi connectivity index (χ0n) is 13.0. The molecule has 1 saturated heterocycles. The zero-order valence-corrected chi connectivity index (χ0v) is 14.5. The first kappa shape index (κ1) is 17.0. The number of piperazine rings is 1. The van der Waals surface area contributed by atoms with Crippen molar-refractivity contribution in [3.8, 4) is 0 Å². The average Bonchev–Trinajstić information content (AvgIpc) is 2.60. The number of halogens is 2. The molecule has 2 heterocycles. The smallest absolute Gasteiger partial charge is 0.322 e. The van der Waals surface area contributed by atoms with Gasteiger partial charge >= 0.3 is 6.03 Å². The minimum absolute atomic E-state index is 0.148. The van der Waals surface area contributed by atoms with Crippen molar-refractivity contribution in [3.63, 3.8) is 0 Å². The van der Waals surface area contributed by atoms with Crippen molar-refractivity contribution in [1.29, 1.82) is 0 Å². The molecule has 0 radical (unpaired) electrons. The number of aromatic nitrogens is 2. The Morgan fingerprint density at radius 2 is 1.92 bits per heavy atom. The van der Waals surface area contributed by atoms with Crippen LogP contribution in [0.2, 0.25) is 10.0 Å². The third-order valence-electron chi connectivity index (χ3n) is 3.85. The van der Waals surface area contributed by atoms with Crippen LogP contribution in [0.4, 0.5) is 10.6 Å². The molecule has 2 aromatic rings. The molecule has 8 heteroatoms. The van der Waals surface area contributed by atoms with Gasteiger partial charge in [0.05, 0.1) is 16.2 Å². The van der Waals surface area contributed by atoms with E-state index in [2.05, 4.69) is 20.2 Å². The predicted octanol–water partition coefficient (Wildman–Crippen LogP) is 3.13. The van der Waals surface area contributed by atoms with Crippen LogP contribution in [0, 0.1) is 0 Å². The Kier molecular flexibility index (Phi) is 5.50. The third-order valence-corrected chi connectivity index (χ3v) is 4.59. The first-order chi connectivity index (χ1) is 11.6. The fourth-order valence-corrected chi connectivity index (χ4v) is 2.88. The Hall–Kier alpha value is -1.89. The Bertz CT molecular complexity index is 705. The minimum atomic E-state index is -0.148. The molecule has 0 saturated carbocycles. The Balaban J connectivity index is 1.50. The van der Waals surface area contributed by atoms with Gasteiger partial charge in [0.15, 0.2) is 5.82 Å². The number of nitrogens with one attached hydrogen (secondary N) is 1. The number of amides is 2. The summed E-state index contributed by atoms with van der Waals surface area (Å²) in [4.78, 5) is 24.2. The maximum Gasteiger partial charge on any atom is 0.323 e. The summed E-state index contributed by atoms with van der Waals surface area (Å²) < 4.78 is 0. The van der Waals surface area contributed by atoms with E-state index in [-0.39, 0.29) is 6.03 Å². The number of nitrogens with zero attached hydrogens (tertiary/aromatic N) is 4. The highest BCUT2D eigenvalue weighted by Crippen LogP contribution is 2.23. The molecule has 1 fully saturated rings. The normalized spacial score (nSPS) is 15.3. The molecule has 0 aliphatic carbocycles. The van der Waals surface area contributed by atoms with Crippen LogP contribution in [0.15, 0.2) is 36.8 Å². The van der Waals surface area contributed by atoms with E-state index in [1.165, 1.54) is 6.20 Å². The highest BCUT2D eigenvalue weighted by molar-refractivity contribution is 6.42. The van der Waals surface area contributed by atoms with Gasteiger partial charge in [0.1, 0.15) is 0 Å². The lowest BCUT2D eigenvalue weighted by Gasteiger charge is -2.34. The second kappa shape index (κ2) is 7.79. The Labute approximate surface area is 150 Å². The van der Waals surface area contributed by atoms with Crippen LogP contribution in [-0.4, -0.2) is 52.0 Å². The summed E-state index contributed by atoms with van der Waals surface area (Å²) in [6, 6.07) is 5.52. The molecular formula is C16H17Cl2N5O.